The molecule has 0 bridgehead atoms. The lowest BCUT2D eigenvalue weighted by Gasteiger charge is -2.32. The smallest absolute Gasteiger partial charge is 0.475 e. The number of β-amino-alcohol motifs (C(OH)–C–C–N with tert-alkyl or cyclic N) is 1. The first kappa shape index (κ1) is 26.1. The van der Waals surface area contributed by atoms with E-state index in [0.717, 1.165) is 42.8 Å². The molecular weight excluding hydrogens is 451 g/mol. The van der Waals surface area contributed by atoms with E-state index in [0.29, 0.717) is 22.9 Å². The average Bonchev–Trinajstić information content (AvgIpc) is 2.73. The van der Waals surface area contributed by atoms with E-state index in [1.54, 1.807) is 0 Å². The summed E-state index contributed by atoms with van der Waals surface area (Å²) >= 11 is 1.83. The number of hydrogen-bond acceptors (Lipinski definition) is 7. The first-order chi connectivity index (χ1) is 15.0. The van der Waals surface area contributed by atoms with Gasteiger partial charge in [0.2, 0.25) is 0 Å². The van der Waals surface area contributed by atoms with Crippen molar-refractivity contribution >= 4 is 28.6 Å². The molecule has 2 aromatic rings. The number of aliphatic hydroxyl groups is 2. The number of rotatable bonds is 6. The molecule has 0 saturated carbocycles. The van der Waals surface area contributed by atoms with Gasteiger partial charge in [0.1, 0.15) is 5.82 Å². The number of halogens is 3. The predicted octanol–water partition coefficient (Wildman–Crippen LogP) is 1.92. The number of benzene rings is 1. The van der Waals surface area contributed by atoms with Crippen molar-refractivity contribution in [3.8, 4) is 0 Å². The molecule has 4 N–H and O–H groups in total. The highest BCUT2D eigenvalue weighted by Crippen LogP contribution is 2.26. The molecule has 12 heteroatoms. The summed E-state index contributed by atoms with van der Waals surface area (Å²) in [5, 5.41) is 26.7. The maximum Gasteiger partial charge on any atom is 0.490 e. The van der Waals surface area contributed by atoms with Crippen LogP contribution >= 0.6 is 11.8 Å². The van der Waals surface area contributed by atoms with E-state index in [9.17, 15) is 23.1 Å². The fourth-order valence-corrected chi connectivity index (χ4v) is 4.31. The molecule has 8 nitrogen and oxygen atoms in total. The molecule has 1 aliphatic heterocycles. The van der Waals surface area contributed by atoms with Gasteiger partial charge in [-0.1, -0.05) is 12.1 Å². The van der Waals surface area contributed by atoms with Crippen LogP contribution in [-0.4, -0.2) is 79.9 Å². The Hall–Kier alpha value is -2.15. The van der Waals surface area contributed by atoms with E-state index >= 15 is 0 Å². The van der Waals surface area contributed by atoms with E-state index < -0.39 is 18.2 Å². The number of thioether (sulfide) groups is 1. The fraction of sp³-hybridized carbons (Fsp3) is 0.550. The van der Waals surface area contributed by atoms with Gasteiger partial charge in [0.05, 0.1) is 29.4 Å². The molecular formula is C20H26F3N3O5S. The number of carboxylic acids is 1. The van der Waals surface area contributed by atoms with Crippen molar-refractivity contribution in [1.29, 1.82) is 0 Å². The van der Waals surface area contributed by atoms with Crippen LogP contribution in [0.1, 0.15) is 24.2 Å². The minimum atomic E-state index is -5.08. The van der Waals surface area contributed by atoms with Gasteiger partial charge in [-0.2, -0.15) is 24.9 Å². The average molecular weight is 478 g/mol. The number of fused-ring (bicyclic) bond motifs is 1. The van der Waals surface area contributed by atoms with Crippen LogP contribution in [0.3, 0.4) is 0 Å². The first-order valence-electron chi connectivity index (χ1n) is 9.92. The molecule has 0 radical (unpaired) electrons. The van der Waals surface area contributed by atoms with Gasteiger partial charge in [0.15, 0.2) is 0 Å². The normalized spacial score (nSPS) is 16.4. The highest BCUT2D eigenvalue weighted by Gasteiger charge is 2.38. The number of hydrogen-bond donors (Lipinski definition) is 4. The van der Waals surface area contributed by atoms with Crippen LogP contribution in [0.25, 0.3) is 10.9 Å². The molecule has 0 unspecified atom stereocenters. The van der Waals surface area contributed by atoms with E-state index in [4.69, 9.17) is 15.0 Å². The Balaban J connectivity index is 0.000000451. The Morgan fingerprint density at radius 3 is 2.53 bits per heavy atom. The molecule has 2 heterocycles. The van der Waals surface area contributed by atoms with Crippen LogP contribution in [0.2, 0.25) is 0 Å². The molecule has 178 valence electrons. The van der Waals surface area contributed by atoms with Crippen LogP contribution in [-0.2, 0) is 10.5 Å². The maximum absolute atomic E-state index is 12.2. The number of piperidine rings is 1. The van der Waals surface area contributed by atoms with Crippen molar-refractivity contribution in [1.82, 2.24) is 14.9 Å². The third-order valence-corrected chi connectivity index (χ3v) is 6.28. The lowest BCUT2D eigenvalue weighted by atomic mass is 10.1. The quantitative estimate of drug-likeness (QED) is 0.497. The number of carboxylic acid groups (broad SMARTS) is 1. The Labute approximate surface area is 186 Å². The van der Waals surface area contributed by atoms with Crippen molar-refractivity contribution in [2.75, 3.05) is 26.2 Å². The van der Waals surface area contributed by atoms with Crippen LogP contribution < -0.4 is 5.56 Å². The van der Waals surface area contributed by atoms with E-state index in [-0.39, 0.29) is 12.2 Å². The molecule has 0 spiro atoms. The van der Waals surface area contributed by atoms with Gasteiger partial charge in [0, 0.05) is 11.8 Å². The lowest BCUT2D eigenvalue weighted by Crippen LogP contribution is -2.40. The molecule has 0 aliphatic carbocycles. The second-order valence-corrected chi connectivity index (χ2v) is 8.72. The van der Waals surface area contributed by atoms with Crippen LogP contribution in [0.15, 0.2) is 23.0 Å². The molecule has 1 fully saturated rings. The molecule has 3 rings (SSSR count). The highest BCUT2D eigenvalue weighted by atomic mass is 32.2. The molecule has 1 atom stereocenters. The number of aromatic amines is 1. The van der Waals surface area contributed by atoms with Crippen molar-refractivity contribution in [2.45, 2.75) is 43.0 Å². The third kappa shape index (κ3) is 7.76. The summed E-state index contributed by atoms with van der Waals surface area (Å²) in [6, 6.07) is 5.66. The first-order valence-corrected chi connectivity index (χ1v) is 11.0. The highest BCUT2D eigenvalue weighted by molar-refractivity contribution is 7.99. The number of aliphatic hydroxyl groups excluding tert-OH is 2. The number of alkyl halides is 3. The molecule has 1 aliphatic rings. The third-order valence-electron chi connectivity index (χ3n) is 4.90. The van der Waals surface area contributed by atoms with Gasteiger partial charge in [0.25, 0.3) is 5.56 Å². The van der Waals surface area contributed by atoms with E-state index in [1.807, 2.05) is 36.9 Å². The summed E-state index contributed by atoms with van der Waals surface area (Å²) in [6.45, 7) is 4.18. The van der Waals surface area contributed by atoms with Gasteiger partial charge in [-0.05, 0) is 44.5 Å². The topological polar surface area (TPSA) is 127 Å². The number of likely N-dealkylation sites (tertiary alicyclic amines) is 1. The maximum atomic E-state index is 12.2. The summed E-state index contributed by atoms with van der Waals surface area (Å²) in [4.78, 5) is 30.8. The van der Waals surface area contributed by atoms with Crippen molar-refractivity contribution in [3.63, 3.8) is 0 Å². The largest absolute Gasteiger partial charge is 0.490 e. The minimum Gasteiger partial charge on any atom is -0.475 e. The lowest BCUT2D eigenvalue weighted by molar-refractivity contribution is -0.192. The zero-order chi connectivity index (χ0) is 23.9. The monoisotopic (exact) mass is 477 g/mol. The summed E-state index contributed by atoms with van der Waals surface area (Å²) < 4.78 is 31.7. The van der Waals surface area contributed by atoms with Crippen LogP contribution in [0.4, 0.5) is 13.2 Å². The number of nitrogens with zero attached hydrogens (tertiary/aromatic N) is 2. The number of nitrogens with one attached hydrogen (secondary N) is 1. The summed E-state index contributed by atoms with van der Waals surface area (Å²) in [6.07, 6.45) is -3.65. The van der Waals surface area contributed by atoms with Gasteiger partial charge in [-0.3, -0.25) is 4.79 Å². The van der Waals surface area contributed by atoms with Crippen LogP contribution in [0.5, 0.6) is 0 Å². The summed E-state index contributed by atoms with van der Waals surface area (Å²) in [7, 11) is 0. The fourth-order valence-electron chi connectivity index (χ4n) is 3.23. The van der Waals surface area contributed by atoms with Gasteiger partial charge in [-0.25, -0.2) is 9.78 Å². The number of para-hydroxylation sites is 1. The van der Waals surface area contributed by atoms with Gasteiger partial charge >= 0.3 is 12.1 Å². The Morgan fingerprint density at radius 2 is 1.97 bits per heavy atom. The second kappa shape index (κ2) is 11.6. The number of aromatic nitrogens is 2. The van der Waals surface area contributed by atoms with Gasteiger partial charge < -0.3 is 25.2 Å². The summed E-state index contributed by atoms with van der Waals surface area (Å²) in [5.74, 6) is -1.33. The van der Waals surface area contributed by atoms with Crippen molar-refractivity contribution in [2.24, 2.45) is 0 Å². The molecule has 0 amide bonds. The number of H-pyrrole nitrogens is 1. The zero-order valence-corrected chi connectivity index (χ0v) is 18.2. The molecule has 32 heavy (non-hydrogen) atoms. The number of aryl methyl sites for hydroxylation is 1. The van der Waals surface area contributed by atoms with E-state index in [1.165, 1.54) is 0 Å². The van der Waals surface area contributed by atoms with E-state index in [2.05, 4.69) is 14.9 Å². The standard InChI is InChI=1S/C18H25N3O3S.C2HF3O2/c1-12-3-2-4-15-17(12)19-16(20-18(15)24)11-25-14-5-7-21(8-6-14)9-13(23)10-22;3-2(4,5)1(6)7/h2-4,13-14,22-23H,5-11H2,1H3,(H,19,20,24);(H,6,7)/t13-;/m0./s1. The van der Waals surface area contributed by atoms with Crippen molar-refractivity contribution < 1.29 is 33.3 Å². The predicted molar refractivity (Wildman–Crippen MR) is 115 cm³/mol. The zero-order valence-electron chi connectivity index (χ0n) is 17.4. The summed E-state index contributed by atoms with van der Waals surface area (Å²) in [5.41, 5.74) is 1.73. The number of carbonyl (C=O) groups is 1. The Morgan fingerprint density at radius 1 is 1.34 bits per heavy atom. The number of aliphatic carboxylic acids is 1. The van der Waals surface area contributed by atoms with Gasteiger partial charge in [-0.15, -0.1) is 0 Å². The Bertz CT molecular complexity index is 962. The Kier molecular flexibility index (Phi) is 9.49. The molecule has 1 aromatic carbocycles. The minimum absolute atomic E-state index is 0.0721. The SMILES string of the molecule is Cc1cccc2c(=O)[nH]c(CSC3CCN(C[C@H](O)CO)CC3)nc12.O=C(O)C(F)(F)F. The van der Waals surface area contributed by atoms with Crippen molar-refractivity contribution in [3.05, 3.63) is 39.9 Å². The second-order valence-electron chi connectivity index (χ2n) is 7.43. The molecule has 1 saturated heterocycles. The molecule has 1 aromatic heterocycles. The van der Waals surface area contributed by atoms with Crippen LogP contribution in [0, 0.1) is 6.92 Å².